The molecule has 1 aliphatic carbocycles. The lowest BCUT2D eigenvalue weighted by molar-refractivity contribution is -0.120. The number of carbonyl (C=O) groups is 1. The second-order valence-electron chi connectivity index (χ2n) is 2.55. The van der Waals surface area contributed by atoms with E-state index in [0.29, 0.717) is 12.2 Å². The zero-order chi connectivity index (χ0) is 6.91. The molecule has 0 radical (unpaired) electrons. The molecule has 9 heavy (non-hydrogen) atoms. The second-order valence-corrected chi connectivity index (χ2v) is 4.62. The minimum atomic E-state index is -0.310. The van der Waals surface area contributed by atoms with Crippen LogP contribution in [0.4, 0.5) is 0 Å². The van der Waals surface area contributed by atoms with Crippen LogP contribution in [0.3, 0.4) is 0 Å². The van der Waals surface area contributed by atoms with Crippen molar-refractivity contribution in [1.82, 2.24) is 0 Å². The van der Waals surface area contributed by atoms with Crippen LogP contribution in [0.1, 0.15) is 25.7 Å². The molecule has 3 heteroatoms. The fraction of sp³-hybridized carbons (Fsp3) is 0.833. The van der Waals surface area contributed by atoms with Crippen molar-refractivity contribution in [3.63, 3.8) is 0 Å². The van der Waals surface area contributed by atoms with Crippen molar-refractivity contribution in [2.75, 3.05) is 0 Å². The molecule has 0 aromatic carbocycles. The van der Waals surface area contributed by atoms with Gasteiger partial charge in [-0.3, -0.25) is 4.79 Å². The molecule has 0 bridgehead atoms. The van der Waals surface area contributed by atoms with Crippen molar-refractivity contribution in [3.8, 4) is 0 Å². The van der Waals surface area contributed by atoms with Gasteiger partial charge in [-0.25, -0.2) is 0 Å². The molecule has 0 atom stereocenters. The summed E-state index contributed by atoms with van der Waals surface area (Å²) in [6, 6.07) is 0. The van der Waals surface area contributed by atoms with Crippen LogP contribution in [0.2, 0.25) is 0 Å². The SMILES string of the molecule is O=C1CCCC(S)(S)C1. The number of thiol groups is 2. The molecule has 0 saturated heterocycles. The number of carbonyl (C=O) groups excluding carboxylic acids is 1. The van der Waals surface area contributed by atoms with Gasteiger partial charge in [-0.15, -0.1) is 0 Å². The van der Waals surface area contributed by atoms with E-state index in [4.69, 9.17) is 0 Å². The molecule has 0 spiro atoms. The Labute approximate surface area is 66.0 Å². The quantitative estimate of drug-likeness (QED) is 0.409. The van der Waals surface area contributed by atoms with Crippen molar-refractivity contribution in [2.45, 2.75) is 29.8 Å². The Morgan fingerprint density at radius 2 is 2.11 bits per heavy atom. The Morgan fingerprint density at radius 1 is 1.44 bits per heavy atom. The minimum Gasteiger partial charge on any atom is -0.300 e. The van der Waals surface area contributed by atoms with Gasteiger partial charge in [-0.2, -0.15) is 25.3 Å². The summed E-state index contributed by atoms with van der Waals surface area (Å²) in [5.41, 5.74) is 0. The monoisotopic (exact) mass is 162 g/mol. The van der Waals surface area contributed by atoms with E-state index in [0.717, 1.165) is 19.3 Å². The Hall–Kier alpha value is 0.370. The highest BCUT2D eigenvalue weighted by Gasteiger charge is 2.27. The maximum Gasteiger partial charge on any atom is 0.135 e. The molecule has 1 fully saturated rings. The first-order valence-electron chi connectivity index (χ1n) is 3.07. The lowest BCUT2D eigenvalue weighted by Crippen LogP contribution is -2.23. The van der Waals surface area contributed by atoms with Crippen molar-refractivity contribution >= 4 is 31.0 Å². The zero-order valence-electron chi connectivity index (χ0n) is 5.13. The highest BCUT2D eigenvalue weighted by atomic mass is 32.2. The summed E-state index contributed by atoms with van der Waals surface area (Å²) < 4.78 is -0.310. The van der Waals surface area contributed by atoms with E-state index in [1.807, 2.05) is 0 Å². The van der Waals surface area contributed by atoms with E-state index in [2.05, 4.69) is 25.3 Å². The van der Waals surface area contributed by atoms with E-state index >= 15 is 0 Å². The van der Waals surface area contributed by atoms with Gasteiger partial charge >= 0.3 is 0 Å². The summed E-state index contributed by atoms with van der Waals surface area (Å²) in [4.78, 5) is 10.8. The zero-order valence-corrected chi connectivity index (χ0v) is 6.92. The van der Waals surface area contributed by atoms with Gasteiger partial charge in [0.25, 0.3) is 0 Å². The van der Waals surface area contributed by atoms with Gasteiger partial charge < -0.3 is 0 Å². The lowest BCUT2D eigenvalue weighted by atomic mass is 9.98. The van der Waals surface area contributed by atoms with Gasteiger partial charge in [0, 0.05) is 12.8 Å². The van der Waals surface area contributed by atoms with E-state index in [-0.39, 0.29) is 4.08 Å². The molecular formula is C6H10OS2. The first-order chi connectivity index (χ1) is 4.10. The predicted molar refractivity (Wildman–Crippen MR) is 44.2 cm³/mol. The molecule has 0 heterocycles. The van der Waals surface area contributed by atoms with Crippen LogP contribution >= 0.6 is 25.3 Å². The number of ketones is 1. The minimum absolute atomic E-state index is 0.297. The van der Waals surface area contributed by atoms with Crippen LogP contribution < -0.4 is 0 Å². The lowest BCUT2D eigenvalue weighted by Gasteiger charge is -2.25. The average molecular weight is 162 g/mol. The first kappa shape index (κ1) is 7.48. The molecule has 1 nitrogen and oxygen atoms in total. The molecule has 0 amide bonds. The molecule has 0 aromatic heterocycles. The Bertz CT molecular complexity index is 131. The van der Waals surface area contributed by atoms with Crippen LogP contribution in [0.25, 0.3) is 0 Å². The van der Waals surface area contributed by atoms with E-state index in [9.17, 15) is 4.79 Å². The Balaban J connectivity index is 2.51. The second kappa shape index (κ2) is 2.54. The van der Waals surface area contributed by atoms with Gasteiger partial charge in [-0.1, -0.05) is 0 Å². The third-order valence-corrected chi connectivity index (χ3v) is 2.28. The van der Waals surface area contributed by atoms with Crippen LogP contribution in [-0.4, -0.2) is 9.86 Å². The highest BCUT2D eigenvalue weighted by molar-refractivity contribution is 8.00. The Morgan fingerprint density at radius 3 is 2.44 bits per heavy atom. The normalized spacial score (nSPS) is 26.2. The van der Waals surface area contributed by atoms with Crippen molar-refractivity contribution in [1.29, 1.82) is 0 Å². The average Bonchev–Trinajstić information content (AvgIpc) is 1.60. The molecule has 52 valence electrons. The number of Topliss-reactive ketones (excluding diaryl/α,β-unsaturated/α-hetero) is 1. The fourth-order valence-electron chi connectivity index (χ4n) is 1.06. The standard InChI is InChI=1S/C6H10OS2/c7-5-2-1-3-6(8,9)4-5/h8-9H,1-4H2. The van der Waals surface area contributed by atoms with Gasteiger partial charge in [0.1, 0.15) is 5.78 Å². The number of rotatable bonds is 0. The predicted octanol–water partition coefficient (Wildman–Crippen LogP) is 1.69. The van der Waals surface area contributed by atoms with E-state index in [1.165, 1.54) is 0 Å². The molecule has 0 unspecified atom stereocenters. The summed E-state index contributed by atoms with van der Waals surface area (Å²) >= 11 is 8.44. The van der Waals surface area contributed by atoms with E-state index < -0.39 is 0 Å². The van der Waals surface area contributed by atoms with Crippen LogP contribution in [0.15, 0.2) is 0 Å². The third kappa shape index (κ3) is 2.22. The molecule has 1 rings (SSSR count). The smallest absolute Gasteiger partial charge is 0.135 e. The number of hydrogen-bond donors (Lipinski definition) is 2. The number of hydrogen-bond acceptors (Lipinski definition) is 3. The molecule has 0 aliphatic heterocycles. The first-order valence-corrected chi connectivity index (χ1v) is 3.96. The summed E-state index contributed by atoms with van der Waals surface area (Å²) in [5, 5.41) is 0. The molecular weight excluding hydrogens is 152 g/mol. The van der Waals surface area contributed by atoms with Crippen molar-refractivity contribution in [3.05, 3.63) is 0 Å². The molecule has 0 N–H and O–H groups in total. The highest BCUT2D eigenvalue weighted by Crippen LogP contribution is 2.34. The summed E-state index contributed by atoms with van der Waals surface area (Å²) in [6.07, 6.45) is 3.15. The topological polar surface area (TPSA) is 17.1 Å². The van der Waals surface area contributed by atoms with Gasteiger partial charge in [0.2, 0.25) is 0 Å². The summed E-state index contributed by atoms with van der Waals surface area (Å²) in [7, 11) is 0. The summed E-state index contributed by atoms with van der Waals surface area (Å²) in [6.45, 7) is 0. The largest absolute Gasteiger partial charge is 0.300 e. The van der Waals surface area contributed by atoms with Gasteiger partial charge in [0.15, 0.2) is 0 Å². The molecule has 1 saturated carbocycles. The van der Waals surface area contributed by atoms with Crippen LogP contribution in [-0.2, 0) is 4.79 Å². The van der Waals surface area contributed by atoms with Crippen LogP contribution in [0.5, 0.6) is 0 Å². The fourth-order valence-corrected chi connectivity index (χ4v) is 1.73. The van der Waals surface area contributed by atoms with Crippen LogP contribution in [0, 0.1) is 0 Å². The van der Waals surface area contributed by atoms with Crippen molar-refractivity contribution in [2.24, 2.45) is 0 Å². The third-order valence-electron chi connectivity index (χ3n) is 1.51. The Kier molecular flexibility index (Phi) is 2.11. The summed E-state index contributed by atoms with van der Waals surface area (Å²) in [5.74, 6) is 0.297. The maximum atomic E-state index is 10.8. The maximum absolute atomic E-state index is 10.8. The van der Waals surface area contributed by atoms with E-state index in [1.54, 1.807) is 0 Å². The van der Waals surface area contributed by atoms with Gasteiger partial charge in [0.05, 0.1) is 4.08 Å². The van der Waals surface area contributed by atoms with Gasteiger partial charge in [-0.05, 0) is 12.8 Å². The van der Waals surface area contributed by atoms with Crippen molar-refractivity contribution < 1.29 is 4.79 Å². The molecule has 0 aromatic rings. The molecule has 1 aliphatic rings.